The van der Waals surface area contributed by atoms with Crippen molar-refractivity contribution in [2.75, 3.05) is 26.3 Å². The van der Waals surface area contributed by atoms with E-state index in [1.54, 1.807) is 0 Å². The molecule has 0 aromatic rings. The second-order valence-electron chi connectivity index (χ2n) is 5.90. The van der Waals surface area contributed by atoms with Crippen LogP contribution in [-0.4, -0.2) is 54.0 Å². The summed E-state index contributed by atoms with van der Waals surface area (Å²) < 4.78 is 10.7. The Morgan fingerprint density at radius 1 is 1.26 bits per heavy atom. The van der Waals surface area contributed by atoms with E-state index in [-0.39, 0.29) is 46.5 Å². The fourth-order valence-electron chi connectivity index (χ4n) is 4.30. The van der Waals surface area contributed by atoms with Crippen molar-refractivity contribution in [3.8, 4) is 0 Å². The van der Waals surface area contributed by atoms with Gasteiger partial charge in [-0.05, 0) is 12.3 Å². The quantitative estimate of drug-likeness (QED) is 0.516. The molecule has 0 aromatic carbocycles. The molecule has 0 radical (unpaired) electrons. The van der Waals surface area contributed by atoms with Crippen LogP contribution in [0.2, 0.25) is 0 Å². The minimum atomic E-state index is -0.195. The fourth-order valence-corrected chi connectivity index (χ4v) is 5.35. The first kappa shape index (κ1) is 12.1. The average Bonchev–Trinajstić information content (AvgIpc) is 3.03. The molecule has 2 aliphatic carbocycles. The fraction of sp³-hybridized carbons (Fsp3) is 0.846. The molecule has 0 aromatic heterocycles. The Hall–Kier alpha value is -0.620. The maximum atomic E-state index is 12.7. The molecule has 0 N–H and O–H groups in total. The van der Waals surface area contributed by atoms with Gasteiger partial charge in [0.15, 0.2) is 0 Å². The number of hydrogen-bond acceptors (Lipinski definition) is 4. The minimum Gasteiger partial charge on any atom is -0.461 e. The van der Waals surface area contributed by atoms with Gasteiger partial charge >= 0.3 is 5.97 Å². The summed E-state index contributed by atoms with van der Waals surface area (Å²) in [5.74, 6) is 0.0881. The van der Waals surface area contributed by atoms with Gasteiger partial charge in [0, 0.05) is 19.0 Å². The lowest BCUT2D eigenvalue weighted by atomic mass is 9.79. The number of nitrogens with zero attached hydrogens (tertiary/aromatic N) is 1. The number of amides is 1. The number of carbonyl (C=O) groups excluding carboxylic acids is 2. The SMILES string of the molecule is O=C1O[C@@H]2[C@H](Br)[C@H]3C[C@@H]2[C@H]1[C@H]3C(=O)N1CCOCC1. The predicted molar refractivity (Wildman–Crippen MR) is 68.6 cm³/mol. The van der Waals surface area contributed by atoms with E-state index in [2.05, 4.69) is 15.9 Å². The van der Waals surface area contributed by atoms with Gasteiger partial charge in [-0.2, -0.15) is 0 Å². The zero-order valence-electron chi connectivity index (χ0n) is 10.5. The van der Waals surface area contributed by atoms with Gasteiger partial charge in [0.05, 0.1) is 29.9 Å². The molecule has 1 amide bonds. The second kappa shape index (κ2) is 4.19. The molecular formula is C13H16BrNO4. The van der Waals surface area contributed by atoms with E-state index < -0.39 is 0 Å². The highest BCUT2D eigenvalue weighted by atomic mass is 79.9. The van der Waals surface area contributed by atoms with Crippen molar-refractivity contribution in [2.24, 2.45) is 23.7 Å². The molecule has 104 valence electrons. The van der Waals surface area contributed by atoms with Gasteiger partial charge in [0.1, 0.15) is 6.10 Å². The molecule has 4 fully saturated rings. The Balaban J connectivity index is 1.61. The van der Waals surface area contributed by atoms with Crippen LogP contribution in [-0.2, 0) is 19.1 Å². The number of morpholine rings is 1. The maximum absolute atomic E-state index is 12.7. The van der Waals surface area contributed by atoms with Crippen LogP contribution in [0.3, 0.4) is 0 Å². The average molecular weight is 330 g/mol. The number of esters is 1. The molecular weight excluding hydrogens is 314 g/mol. The standard InChI is InChI=1S/C13H16BrNO4/c14-10-6-5-7-9(13(17)19-11(7)10)8(6)12(16)15-1-3-18-4-2-15/h6-11H,1-5H2/t6-,7+,8-,9-,10+,11-/m0/s1. The Morgan fingerprint density at radius 2 is 2.00 bits per heavy atom. The summed E-state index contributed by atoms with van der Waals surface area (Å²) in [6.07, 6.45) is 0.939. The van der Waals surface area contributed by atoms with Crippen LogP contribution in [0, 0.1) is 23.7 Å². The van der Waals surface area contributed by atoms with Gasteiger partial charge in [-0.25, -0.2) is 0 Å². The van der Waals surface area contributed by atoms with E-state index in [9.17, 15) is 9.59 Å². The molecule has 2 saturated heterocycles. The summed E-state index contributed by atoms with van der Waals surface area (Å²) >= 11 is 3.64. The zero-order valence-corrected chi connectivity index (χ0v) is 12.0. The summed E-state index contributed by atoms with van der Waals surface area (Å²) in [4.78, 5) is 26.7. The van der Waals surface area contributed by atoms with Crippen molar-refractivity contribution < 1.29 is 19.1 Å². The Labute approximate surface area is 119 Å². The van der Waals surface area contributed by atoms with E-state index in [4.69, 9.17) is 9.47 Å². The second-order valence-corrected chi connectivity index (χ2v) is 6.96. The number of ether oxygens (including phenoxy) is 2. The molecule has 19 heavy (non-hydrogen) atoms. The Morgan fingerprint density at radius 3 is 2.74 bits per heavy atom. The number of carbonyl (C=O) groups is 2. The van der Waals surface area contributed by atoms with Gasteiger partial charge in [-0.15, -0.1) is 0 Å². The van der Waals surface area contributed by atoms with Gasteiger partial charge in [0.25, 0.3) is 0 Å². The van der Waals surface area contributed by atoms with Crippen LogP contribution in [0.4, 0.5) is 0 Å². The van der Waals surface area contributed by atoms with Crippen LogP contribution < -0.4 is 0 Å². The number of hydrogen-bond donors (Lipinski definition) is 0. The van der Waals surface area contributed by atoms with Crippen molar-refractivity contribution in [3.05, 3.63) is 0 Å². The third-order valence-corrected chi connectivity index (χ3v) is 6.33. The van der Waals surface area contributed by atoms with E-state index in [0.29, 0.717) is 26.3 Å². The maximum Gasteiger partial charge on any atom is 0.310 e. The van der Waals surface area contributed by atoms with Crippen LogP contribution in [0.1, 0.15) is 6.42 Å². The summed E-state index contributed by atoms with van der Waals surface area (Å²) in [6.45, 7) is 2.49. The highest BCUT2D eigenvalue weighted by Crippen LogP contribution is 2.60. The molecule has 2 bridgehead atoms. The number of fused-ring (bicyclic) bond motifs is 1. The summed E-state index contributed by atoms with van der Waals surface area (Å²) in [5, 5.41) is 0. The van der Waals surface area contributed by atoms with Crippen LogP contribution in [0.15, 0.2) is 0 Å². The van der Waals surface area contributed by atoms with E-state index in [1.165, 1.54) is 0 Å². The first-order valence-electron chi connectivity index (χ1n) is 6.89. The first-order chi connectivity index (χ1) is 9.18. The lowest BCUT2D eigenvalue weighted by Crippen LogP contribution is -2.49. The Bertz CT molecular complexity index is 436. The van der Waals surface area contributed by atoms with Gasteiger partial charge in [0.2, 0.25) is 5.91 Å². The number of rotatable bonds is 1. The van der Waals surface area contributed by atoms with Gasteiger partial charge < -0.3 is 14.4 Å². The van der Waals surface area contributed by atoms with E-state index in [0.717, 1.165) is 6.42 Å². The molecule has 2 saturated carbocycles. The number of alkyl halides is 1. The molecule has 6 atom stereocenters. The lowest BCUT2D eigenvalue weighted by molar-refractivity contribution is -0.149. The van der Waals surface area contributed by atoms with Gasteiger partial charge in [-0.1, -0.05) is 15.9 Å². The van der Waals surface area contributed by atoms with Crippen molar-refractivity contribution in [3.63, 3.8) is 0 Å². The zero-order chi connectivity index (χ0) is 13.1. The Kier molecular flexibility index (Phi) is 2.68. The van der Waals surface area contributed by atoms with Gasteiger partial charge in [-0.3, -0.25) is 9.59 Å². The smallest absolute Gasteiger partial charge is 0.310 e. The summed E-state index contributed by atoms with van der Waals surface area (Å²) in [5.41, 5.74) is 0. The summed E-state index contributed by atoms with van der Waals surface area (Å²) in [6, 6.07) is 0. The summed E-state index contributed by atoms with van der Waals surface area (Å²) in [7, 11) is 0. The van der Waals surface area contributed by atoms with Crippen molar-refractivity contribution >= 4 is 27.8 Å². The predicted octanol–water partition coefficient (Wildman–Crippen LogP) is 0.416. The molecule has 0 spiro atoms. The molecule has 2 aliphatic heterocycles. The van der Waals surface area contributed by atoms with E-state index in [1.807, 2.05) is 4.90 Å². The van der Waals surface area contributed by atoms with E-state index >= 15 is 0 Å². The van der Waals surface area contributed by atoms with Crippen molar-refractivity contribution in [2.45, 2.75) is 17.4 Å². The van der Waals surface area contributed by atoms with Crippen LogP contribution in [0.5, 0.6) is 0 Å². The van der Waals surface area contributed by atoms with Crippen molar-refractivity contribution in [1.82, 2.24) is 4.90 Å². The largest absolute Gasteiger partial charge is 0.461 e. The third kappa shape index (κ3) is 1.56. The highest BCUT2D eigenvalue weighted by molar-refractivity contribution is 9.09. The minimum absolute atomic E-state index is 0.00348. The van der Waals surface area contributed by atoms with Crippen LogP contribution in [0.25, 0.3) is 0 Å². The molecule has 0 unspecified atom stereocenters. The third-order valence-electron chi connectivity index (χ3n) is 5.13. The monoisotopic (exact) mass is 329 g/mol. The normalized spacial score (nSPS) is 47.6. The molecule has 2 heterocycles. The molecule has 4 rings (SSSR count). The lowest BCUT2D eigenvalue weighted by Gasteiger charge is -2.34. The van der Waals surface area contributed by atoms with Crippen molar-refractivity contribution in [1.29, 1.82) is 0 Å². The molecule has 4 aliphatic rings. The molecule has 5 nitrogen and oxygen atoms in total. The van der Waals surface area contributed by atoms with Crippen LogP contribution >= 0.6 is 15.9 Å². The number of halogens is 1. The first-order valence-corrected chi connectivity index (χ1v) is 7.81. The molecule has 6 heteroatoms. The topological polar surface area (TPSA) is 55.8 Å². The highest BCUT2D eigenvalue weighted by Gasteiger charge is 2.68.